The Balaban J connectivity index is 2.16. The van der Waals surface area contributed by atoms with Crippen LogP contribution in [0.2, 0.25) is 0 Å². The molecule has 17 heavy (non-hydrogen) atoms. The molecular formula is C15H19NO. The Morgan fingerprint density at radius 1 is 1.06 bits per heavy atom. The van der Waals surface area contributed by atoms with Crippen LogP contribution < -0.4 is 5.32 Å². The molecule has 1 aromatic carbocycles. The van der Waals surface area contributed by atoms with Crippen molar-refractivity contribution in [3.05, 3.63) is 58.5 Å². The lowest BCUT2D eigenvalue weighted by Crippen LogP contribution is -2.03. The zero-order valence-corrected chi connectivity index (χ0v) is 10.7. The van der Waals surface area contributed by atoms with Gasteiger partial charge in [0, 0.05) is 6.42 Å². The second-order valence-corrected chi connectivity index (χ2v) is 4.51. The van der Waals surface area contributed by atoms with E-state index in [1.165, 1.54) is 16.7 Å². The molecule has 0 aliphatic heterocycles. The van der Waals surface area contributed by atoms with E-state index in [1.54, 1.807) is 0 Å². The van der Waals surface area contributed by atoms with Gasteiger partial charge < -0.3 is 9.73 Å². The molecule has 0 atom stereocenters. The van der Waals surface area contributed by atoms with E-state index in [-0.39, 0.29) is 0 Å². The first kappa shape index (κ1) is 11.9. The maximum Gasteiger partial charge on any atom is 0.117 e. The van der Waals surface area contributed by atoms with Crippen molar-refractivity contribution in [2.24, 2.45) is 0 Å². The molecule has 1 aromatic heterocycles. The number of furan rings is 1. The molecule has 0 amide bonds. The predicted octanol–water partition coefficient (Wildman–Crippen LogP) is 3.21. The van der Waals surface area contributed by atoms with E-state index in [0.29, 0.717) is 0 Å². The smallest absolute Gasteiger partial charge is 0.117 e. The Bertz CT molecular complexity index is 499. The first-order valence-electron chi connectivity index (χ1n) is 5.97. The fourth-order valence-corrected chi connectivity index (χ4v) is 1.96. The van der Waals surface area contributed by atoms with Gasteiger partial charge in [-0.1, -0.05) is 23.8 Å². The fourth-order valence-electron chi connectivity index (χ4n) is 1.96. The number of nitrogens with one attached hydrogen (secondary N) is 1. The van der Waals surface area contributed by atoms with E-state index in [9.17, 15) is 0 Å². The molecule has 0 fully saturated rings. The van der Waals surface area contributed by atoms with Gasteiger partial charge in [-0.15, -0.1) is 0 Å². The van der Waals surface area contributed by atoms with Crippen molar-refractivity contribution in [3.8, 4) is 0 Å². The average molecular weight is 229 g/mol. The van der Waals surface area contributed by atoms with Gasteiger partial charge in [0.15, 0.2) is 0 Å². The van der Waals surface area contributed by atoms with Crippen molar-refractivity contribution in [2.75, 3.05) is 7.05 Å². The lowest BCUT2D eigenvalue weighted by Gasteiger charge is -2.05. The van der Waals surface area contributed by atoms with Crippen molar-refractivity contribution in [2.45, 2.75) is 26.8 Å². The first-order valence-corrected chi connectivity index (χ1v) is 5.97. The zero-order valence-electron chi connectivity index (χ0n) is 10.7. The SMILES string of the molecule is CNCc1ccc(Cc2cc(C)ccc2C)o1. The fraction of sp³-hybridized carbons (Fsp3) is 0.333. The van der Waals surface area contributed by atoms with Gasteiger partial charge in [-0.2, -0.15) is 0 Å². The summed E-state index contributed by atoms with van der Waals surface area (Å²) in [6.07, 6.45) is 0.872. The molecule has 2 heteroatoms. The lowest BCUT2D eigenvalue weighted by atomic mass is 10.0. The van der Waals surface area contributed by atoms with Crippen LogP contribution in [0.25, 0.3) is 0 Å². The van der Waals surface area contributed by atoms with Crippen molar-refractivity contribution in [1.29, 1.82) is 0 Å². The molecule has 2 rings (SSSR count). The minimum Gasteiger partial charge on any atom is -0.464 e. The Kier molecular flexibility index (Phi) is 3.64. The van der Waals surface area contributed by atoms with E-state index >= 15 is 0 Å². The van der Waals surface area contributed by atoms with Crippen LogP contribution in [0.5, 0.6) is 0 Å². The Morgan fingerprint density at radius 2 is 1.82 bits per heavy atom. The summed E-state index contributed by atoms with van der Waals surface area (Å²) in [5, 5.41) is 3.09. The predicted molar refractivity (Wildman–Crippen MR) is 70.2 cm³/mol. The summed E-state index contributed by atoms with van der Waals surface area (Å²) in [5.74, 6) is 2.02. The van der Waals surface area contributed by atoms with Crippen LogP contribution in [0.15, 0.2) is 34.7 Å². The molecule has 2 nitrogen and oxygen atoms in total. The van der Waals surface area contributed by atoms with Crippen LogP contribution in [0, 0.1) is 13.8 Å². The summed E-state index contributed by atoms with van der Waals surface area (Å²) in [6, 6.07) is 10.6. The third-order valence-corrected chi connectivity index (χ3v) is 2.94. The summed E-state index contributed by atoms with van der Waals surface area (Å²) >= 11 is 0. The number of rotatable bonds is 4. The minimum absolute atomic E-state index is 0.785. The number of hydrogen-bond acceptors (Lipinski definition) is 2. The number of hydrogen-bond donors (Lipinski definition) is 1. The molecule has 2 aromatic rings. The summed E-state index contributed by atoms with van der Waals surface area (Å²) in [4.78, 5) is 0. The molecule has 1 N–H and O–H groups in total. The third-order valence-electron chi connectivity index (χ3n) is 2.94. The molecule has 0 unspecified atom stereocenters. The monoisotopic (exact) mass is 229 g/mol. The Morgan fingerprint density at radius 3 is 2.59 bits per heavy atom. The quantitative estimate of drug-likeness (QED) is 0.871. The highest BCUT2D eigenvalue weighted by molar-refractivity contribution is 5.33. The zero-order chi connectivity index (χ0) is 12.3. The lowest BCUT2D eigenvalue weighted by molar-refractivity contribution is 0.462. The summed E-state index contributed by atoms with van der Waals surface area (Å²) in [5.41, 5.74) is 3.96. The first-order chi connectivity index (χ1) is 8.19. The van der Waals surface area contributed by atoms with Gasteiger partial charge in [0.2, 0.25) is 0 Å². The van der Waals surface area contributed by atoms with Crippen LogP contribution in [0.4, 0.5) is 0 Å². The molecular weight excluding hydrogens is 210 g/mol. The highest BCUT2D eigenvalue weighted by Crippen LogP contribution is 2.17. The van der Waals surface area contributed by atoms with E-state index in [1.807, 2.05) is 13.1 Å². The molecule has 0 aliphatic rings. The topological polar surface area (TPSA) is 25.2 Å². The van der Waals surface area contributed by atoms with Gasteiger partial charge in [0.25, 0.3) is 0 Å². The second-order valence-electron chi connectivity index (χ2n) is 4.51. The van der Waals surface area contributed by atoms with Crippen LogP contribution >= 0.6 is 0 Å². The van der Waals surface area contributed by atoms with E-state index in [4.69, 9.17) is 4.42 Å². The third kappa shape index (κ3) is 2.98. The highest BCUT2D eigenvalue weighted by Gasteiger charge is 2.05. The summed E-state index contributed by atoms with van der Waals surface area (Å²) in [7, 11) is 1.92. The van der Waals surface area contributed by atoms with Crippen molar-refractivity contribution >= 4 is 0 Å². The Labute approximate surface area is 103 Å². The molecule has 1 heterocycles. The van der Waals surface area contributed by atoms with Gasteiger partial charge >= 0.3 is 0 Å². The van der Waals surface area contributed by atoms with Crippen LogP contribution in [-0.4, -0.2) is 7.05 Å². The summed E-state index contributed by atoms with van der Waals surface area (Å²) in [6.45, 7) is 5.05. The molecule has 0 saturated heterocycles. The van der Waals surface area contributed by atoms with Crippen molar-refractivity contribution in [1.82, 2.24) is 5.32 Å². The van der Waals surface area contributed by atoms with E-state index in [0.717, 1.165) is 24.5 Å². The van der Waals surface area contributed by atoms with Crippen molar-refractivity contribution < 1.29 is 4.42 Å². The number of benzene rings is 1. The molecule has 0 radical (unpaired) electrons. The van der Waals surface area contributed by atoms with E-state index in [2.05, 4.69) is 43.4 Å². The van der Waals surface area contributed by atoms with Crippen LogP contribution in [0.1, 0.15) is 28.2 Å². The van der Waals surface area contributed by atoms with Gasteiger partial charge in [0.1, 0.15) is 11.5 Å². The van der Waals surface area contributed by atoms with Crippen molar-refractivity contribution in [3.63, 3.8) is 0 Å². The maximum absolute atomic E-state index is 5.76. The molecule has 0 bridgehead atoms. The van der Waals surface area contributed by atoms with Gasteiger partial charge in [-0.3, -0.25) is 0 Å². The standard InChI is InChI=1S/C15H19NO/c1-11-4-5-12(2)13(8-11)9-14-6-7-15(17-14)10-16-3/h4-8,16H,9-10H2,1-3H3. The summed E-state index contributed by atoms with van der Waals surface area (Å²) < 4.78 is 5.76. The largest absolute Gasteiger partial charge is 0.464 e. The molecule has 0 aliphatic carbocycles. The normalized spacial score (nSPS) is 10.8. The Hall–Kier alpha value is -1.54. The van der Waals surface area contributed by atoms with Gasteiger partial charge in [0.05, 0.1) is 6.54 Å². The van der Waals surface area contributed by atoms with Crippen LogP contribution in [-0.2, 0) is 13.0 Å². The minimum atomic E-state index is 0.785. The highest BCUT2D eigenvalue weighted by atomic mass is 16.3. The van der Waals surface area contributed by atoms with E-state index < -0.39 is 0 Å². The molecule has 0 saturated carbocycles. The van der Waals surface area contributed by atoms with Crippen LogP contribution in [0.3, 0.4) is 0 Å². The van der Waals surface area contributed by atoms with Gasteiger partial charge in [-0.25, -0.2) is 0 Å². The second kappa shape index (κ2) is 5.19. The average Bonchev–Trinajstić information content (AvgIpc) is 2.72. The molecule has 0 spiro atoms. The van der Waals surface area contributed by atoms with Gasteiger partial charge in [-0.05, 0) is 44.2 Å². The maximum atomic E-state index is 5.76. The molecule has 90 valence electrons. The number of aryl methyl sites for hydroxylation is 2.